The number of aryl methyl sites for hydroxylation is 2. The molecule has 1 amide bonds. The van der Waals surface area contributed by atoms with Crippen molar-refractivity contribution < 1.29 is 22.7 Å². The Morgan fingerprint density at radius 2 is 1.91 bits per heavy atom. The van der Waals surface area contributed by atoms with Crippen molar-refractivity contribution in [3.8, 4) is 0 Å². The van der Waals surface area contributed by atoms with Crippen LogP contribution >= 0.6 is 0 Å². The minimum absolute atomic E-state index is 0.125. The molecule has 0 aromatic heterocycles. The number of nitrogens with two attached hydrogens (primary N) is 1. The van der Waals surface area contributed by atoms with E-state index in [0.29, 0.717) is 0 Å². The number of esters is 1. The van der Waals surface area contributed by atoms with Crippen LogP contribution in [0.25, 0.3) is 0 Å². The first kappa shape index (κ1) is 18.1. The van der Waals surface area contributed by atoms with E-state index in [1.54, 1.807) is 12.1 Å². The maximum absolute atomic E-state index is 12.1. The Morgan fingerprint density at radius 1 is 1.27 bits per heavy atom. The second-order valence-electron chi connectivity index (χ2n) is 4.93. The molecule has 0 spiro atoms. The number of sulfonamides is 1. The van der Waals surface area contributed by atoms with Crippen LogP contribution in [0, 0.1) is 13.8 Å². The van der Waals surface area contributed by atoms with Crippen LogP contribution in [0.4, 0.5) is 0 Å². The largest absolute Gasteiger partial charge is 0.453 e. The van der Waals surface area contributed by atoms with E-state index in [4.69, 9.17) is 10.5 Å². The summed E-state index contributed by atoms with van der Waals surface area (Å²) in [6.07, 6.45) is -1.23. The summed E-state index contributed by atoms with van der Waals surface area (Å²) >= 11 is 0. The van der Waals surface area contributed by atoms with Crippen LogP contribution in [0.1, 0.15) is 24.5 Å². The number of amides is 1. The number of carbonyl (C=O) groups excluding carboxylic acids is 2. The third kappa shape index (κ3) is 5.12. The molecule has 0 aliphatic carbocycles. The Bertz CT molecular complexity index is 670. The van der Waals surface area contributed by atoms with Crippen LogP contribution in [-0.2, 0) is 24.3 Å². The van der Waals surface area contributed by atoms with Crippen molar-refractivity contribution >= 4 is 21.9 Å². The number of nitrogens with one attached hydrogen (secondary N) is 1. The van der Waals surface area contributed by atoms with E-state index >= 15 is 0 Å². The Kier molecular flexibility index (Phi) is 6.07. The van der Waals surface area contributed by atoms with Crippen molar-refractivity contribution in [1.82, 2.24) is 4.72 Å². The van der Waals surface area contributed by atoms with Crippen molar-refractivity contribution in [2.75, 3.05) is 6.54 Å². The van der Waals surface area contributed by atoms with Gasteiger partial charge >= 0.3 is 5.97 Å². The first-order valence-corrected chi connectivity index (χ1v) is 8.17. The zero-order chi connectivity index (χ0) is 16.9. The van der Waals surface area contributed by atoms with Crippen LogP contribution in [0.2, 0.25) is 0 Å². The molecule has 0 aliphatic heterocycles. The van der Waals surface area contributed by atoms with Crippen LogP contribution in [-0.4, -0.2) is 32.9 Å². The van der Waals surface area contributed by atoms with Crippen molar-refractivity contribution in [1.29, 1.82) is 0 Å². The molecular weight excluding hydrogens is 308 g/mol. The van der Waals surface area contributed by atoms with Gasteiger partial charge in [-0.25, -0.2) is 13.1 Å². The molecule has 1 rings (SSSR count). The van der Waals surface area contributed by atoms with Gasteiger partial charge in [-0.2, -0.15) is 0 Å². The van der Waals surface area contributed by atoms with Gasteiger partial charge in [0.05, 0.1) is 11.3 Å². The Labute approximate surface area is 129 Å². The number of rotatable bonds is 7. The van der Waals surface area contributed by atoms with E-state index in [1.165, 1.54) is 13.0 Å². The Morgan fingerprint density at radius 3 is 2.45 bits per heavy atom. The molecule has 1 unspecified atom stereocenters. The molecule has 8 heteroatoms. The van der Waals surface area contributed by atoms with Crippen molar-refractivity contribution in [2.45, 2.75) is 38.2 Å². The van der Waals surface area contributed by atoms with Crippen molar-refractivity contribution in [2.24, 2.45) is 5.73 Å². The van der Waals surface area contributed by atoms with Crippen LogP contribution < -0.4 is 10.5 Å². The molecule has 1 aromatic carbocycles. The number of hydrogen-bond acceptors (Lipinski definition) is 5. The molecule has 0 fully saturated rings. The number of ether oxygens (including phenoxy) is 1. The maximum atomic E-state index is 12.1. The number of benzene rings is 1. The monoisotopic (exact) mass is 328 g/mol. The first-order valence-electron chi connectivity index (χ1n) is 6.69. The third-order valence-electron chi connectivity index (χ3n) is 3.12. The second-order valence-corrected chi connectivity index (χ2v) is 6.70. The summed E-state index contributed by atoms with van der Waals surface area (Å²) in [4.78, 5) is 22.3. The second kappa shape index (κ2) is 7.37. The van der Waals surface area contributed by atoms with Gasteiger partial charge in [-0.3, -0.25) is 9.59 Å². The summed E-state index contributed by atoms with van der Waals surface area (Å²) in [6, 6.07) is 4.77. The lowest BCUT2D eigenvalue weighted by molar-refractivity contribution is -0.153. The van der Waals surface area contributed by atoms with Gasteiger partial charge in [0.1, 0.15) is 0 Å². The van der Waals surface area contributed by atoms with Gasteiger partial charge in [0.2, 0.25) is 10.0 Å². The fraction of sp³-hybridized carbons (Fsp3) is 0.429. The average Bonchev–Trinajstić information content (AvgIpc) is 2.41. The molecule has 0 radical (unpaired) electrons. The fourth-order valence-corrected chi connectivity index (χ4v) is 2.68. The van der Waals surface area contributed by atoms with E-state index < -0.39 is 28.0 Å². The highest BCUT2D eigenvalue weighted by Gasteiger charge is 2.17. The maximum Gasteiger partial charge on any atom is 0.307 e. The number of primary amides is 1. The normalized spacial score (nSPS) is 12.7. The summed E-state index contributed by atoms with van der Waals surface area (Å²) < 4.78 is 31.2. The lowest BCUT2D eigenvalue weighted by Gasteiger charge is -2.11. The molecular formula is C14H20N2O5S. The van der Waals surface area contributed by atoms with Gasteiger partial charge < -0.3 is 10.5 Å². The minimum Gasteiger partial charge on any atom is -0.453 e. The van der Waals surface area contributed by atoms with Crippen LogP contribution in [0.3, 0.4) is 0 Å². The molecule has 0 bridgehead atoms. The van der Waals surface area contributed by atoms with E-state index in [1.807, 2.05) is 13.8 Å². The minimum atomic E-state index is -3.69. The van der Waals surface area contributed by atoms with Gasteiger partial charge in [-0.15, -0.1) is 0 Å². The summed E-state index contributed by atoms with van der Waals surface area (Å²) in [6.45, 7) is 4.92. The standard InChI is InChI=1S/C14H20N2O5S/c1-9-4-5-12(8-10(9)2)22(19,20)16-7-6-13(17)21-11(3)14(15)18/h4-5,8,11,16H,6-7H2,1-3H3,(H2,15,18). The van der Waals surface area contributed by atoms with E-state index in [0.717, 1.165) is 11.1 Å². The lowest BCUT2D eigenvalue weighted by atomic mass is 10.1. The summed E-state index contributed by atoms with van der Waals surface area (Å²) in [5.74, 6) is -1.46. The highest BCUT2D eigenvalue weighted by atomic mass is 32.2. The summed E-state index contributed by atoms with van der Waals surface area (Å²) in [5, 5.41) is 0. The highest BCUT2D eigenvalue weighted by molar-refractivity contribution is 7.89. The van der Waals surface area contributed by atoms with Gasteiger partial charge in [0, 0.05) is 6.54 Å². The Balaban J connectivity index is 2.58. The van der Waals surface area contributed by atoms with E-state index in [-0.39, 0.29) is 17.9 Å². The zero-order valence-corrected chi connectivity index (χ0v) is 13.6. The van der Waals surface area contributed by atoms with Crippen molar-refractivity contribution in [3.63, 3.8) is 0 Å². The molecule has 0 heterocycles. The smallest absolute Gasteiger partial charge is 0.307 e. The van der Waals surface area contributed by atoms with Crippen LogP contribution in [0.15, 0.2) is 23.1 Å². The van der Waals surface area contributed by atoms with Gasteiger partial charge in [0.15, 0.2) is 6.10 Å². The van der Waals surface area contributed by atoms with Gasteiger partial charge in [-0.05, 0) is 44.0 Å². The quantitative estimate of drug-likeness (QED) is 0.702. The molecule has 0 aliphatic rings. The van der Waals surface area contributed by atoms with E-state index in [2.05, 4.69) is 4.72 Å². The predicted molar refractivity (Wildman–Crippen MR) is 80.5 cm³/mol. The summed E-state index contributed by atoms with van der Waals surface area (Å²) in [5.41, 5.74) is 6.80. The molecule has 1 aromatic rings. The zero-order valence-electron chi connectivity index (χ0n) is 12.8. The molecule has 7 nitrogen and oxygen atoms in total. The molecule has 1 atom stereocenters. The Hall–Kier alpha value is -1.93. The van der Waals surface area contributed by atoms with Crippen molar-refractivity contribution in [3.05, 3.63) is 29.3 Å². The van der Waals surface area contributed by atoms with Gasteiger partial charge in [-0.1, -0.05) is 6.07 Å². The fourth-order valence-electron chi connectivity index (χ4n) is 1.57. The topological polar surface area (TPSA) is 116 Å². The highest BCUT2D eigenvalue weighted by Crippen LogP contribution is 2.14. The van der Waals surface area contributed by atoms with Crippen LogP contribution in [0.5, 0.6) is 0 Å². The number of carbonyl (C=O) groups is 2. The lowest BCUT2D eigenvalue weighted by Crippen LogP contribution is -2.32. The molecule has 122 valence electrons. The molecule has 22 heavy (non-hydrogen) atoms. The number of hydrogen-bond donors (Lipinski definition) is 2. The molecule has 0 saturated carbocycles. The SMILES string of the molecule is Cc1ccc(S(=O)(=O)NCCC(=O)OC(C)C(N)=O)cc1C. The van der Waals surface area contributed by atoms with Gasteiger partial charge in [0.25, 0.3) is 5.91 Å². The first-order chi connectivity index (χ1) is 10.1. The molecule has 3 N–H and O–H groups in total. The average molecular weight is 328 g/mol. The molecule has 0 saturated heterocycles. The third-order valence-corrected chi connectivity index (χ3v) is 4.58. The predicted octanol–water partition coefficient (Wildman–Crippen LogP) is 0.389. The van der Waals surface area contributed by atoms with E-state index in [9.17, 15) is 18.0 Å². The summed E-state index contributed by atoms with van der Waals surface area (Å²) in [7, 11) is -3.69.